The van der Waals surface area contributed by atoms with Crippen LogP contribution in [0.5, 0.6) is 0 Å². The number of hydrogen-bond donors (Lipinski definition) is 0. The maximum Gasteiger partial charge on any atom is 0.101 e. The lowest BCUT2D eigenvalue weighted by Crippen LogP contribution is -2.38. The van der Waals surface area contributed by atoms with E-state index in [0.29, 0.717) is 6.17 Å². The third kappa shape index (κ3) is 3.76. The van der Waals surface area contributed by atoms with E-state index in [-0.39, 0.29) is 0 Å². The summed E-state index contributed by atoms with van der Waals surface area (Å²) in [5, 5.41) is 0. The van der Waals surface area contributed by atoms with Crippen LogP contribution in [0.15, 0.2) is 42.7 Å². The molecule has 0 bridgehead atoms. The molecule has 1 aromatic rings. The lowest BCUT2D eigenvalue weighted by atomic mass is 10.2. The molecule has 0 spiro atoms. The van der Waals surface area contributed by atoms with Crippen LogP contribution in [-0.2, 0) is 6.54 Å². The van der Waals surface area contributed by atoms with E-state index in [4.69, 9.17) is 0 Å². The lowest BCUT2D eigenvalue weighted by molar-refractivity contribution is 0.135. The maximum atomic E-state index is 2.51. The van der Waals surface area contributed by atoms with E-state index in [2.05, 4.69) is 66.4 Å². The minimum absolute atomic E-state index is 0.553. The van der Waals surface area contributed by atoms with Gasteiger partial charge in [-0.25, -0.2) is 0 Å². The number of nitrogens with zero attached hydrogens (tertiary/aromatic N) is 2. The Labute approximate surface area is 117 Å². The smallest absolute Gasteiger partial charge is 0.101 e. The van der Waals surface area contributed by atoms with Crippen LogP contribution in [0.1, 0.15) is 45.1 Å². The Balaban J connectivity index is 1.98. The molecule has 19 heavy (non-hydrogen) atoms. The molecule has 0 saturated heterocycles. The molecule has 2 rings (SSSR count). The van der Waals surface area contributed by atoms with Crippen molar-refractivity contribution in [3.63, 3.8) is 0 Å². The fourth-order valence-electron chi connectivity index (χ4n) is 2.67. The SMILES string of the molecule is CCCCN1C=CN(Cc2ccccc2)C1CCC. The molecular weight excluding hydrogens is 232 g/mol. The van der Waals surface area contributed by atoms with Crippen LogP contribution in [-0.4, -0.2) is 22.5 Å². The molecule has 0 amide bonds. The van der Waals surface area contributed by atoms with E-state index in [1.54, 1.807) is 0 Å². The van der Waals surface area contributed by atoms with E-state index in [0.717, 1.165) is 6.54 Å². The molecule has 0 aliphatic carbocycles. The highest BCUT2D eigenvalue weighted by molar-refractivity contribution is 5.15. The third-order valence-electron chi connectivity index (χ3n) is 3.74. The summed E-state index contributed by atoms with van der Waals surface area (Å²) >= 11 is 0. The van der Waals surface area contributed by atoms with Crippen LogP contribution in [0.25, 0.3) is 0 Å². The van der Waals surface area contributed by atoms with Gasteiger partial charge in [-0.15, -0.1) is 0 Å². The molecule has 2 nitrogen and oxygen atoms in total. The van der Waals surface area contributed by atoms with Gasteiger partial charge in [0.1, 0.15) is 6.17 Å². The van der Waals surface area contributed by atoms with Crippen molar-refractivity contribution in [3.05, 3.63) is 48.3 Å². The highest BCUT2D eigenvalue weighted by Gasteiger charge is 2.24. The second-order valence-electron chi connectivity index (χ2n) is 5.32. The molecule has 1 heterocycles. The molecule has 1 atom stereocenters. The van der Waals surface area contributed by atoms with E-state index in [9.17, 15) is 0 Å². The highest BCUT2D eigenvalue weighted by Crippen LogP contribution is 2.23. The van der Waals surface area contributed by atoms with Gasteiger partial charge < -0.3 is 9.80 Å². The van der Waals surface area contributed by atoms with Gasteiger partial charge in [-0.1, -0.05) is 57.0 Å². The molecule has 104 valence electrons. The van der Waals surface area contributed by atoms with Gasteiger partial charge in [0.2, 0.25) is 0 Å². The largest absolute Gasteiger partial charge is 0.356 e. The zero-order chi connectivity index (χ0) is 13.5. The van der Waals surface area contributed by atoms with Crippen molar-refractivity contribution in [2.45, 2.75) is 52.2 Å². The molecule has 0 aromatic heterocycles. The van der Waals surface area contributed by atoms with Crippen molar-refractivity contribution < 1.29 is 0 Å². The first-order valence-electron chi connectivity index (χ1n) is 7.59. The summed E-state index contributed by atoms with van der Waals surface area (Å²) in [7, 11) is 0. The van der Waals surface area contributed by atoms with Crippen LogP contribution in [0, 0.1) is 0 Å². The monoisotopic (exact) mass is 258 g/mol. The topological polar surface area (TPSA) is 6.48 Å². The van der Waals surface area contributed by atoms with Gasteiger partial charge in [0, 0.05) is 25.5 Å². The highest BCUT2D eigenvalue weighted by atomic mass is 15.4. The molecule has 2 heteroatoms. The Morgan fingerprint density at radius 2 is 1.68 bits per heavy atom. The first-order valence-corrected chi connectivity index (χ1v) is 7.59. The summed E-state index contributed by atoms with van der Waals surface area (Å²) in [6, 6.07) is 10.8. The zero-order valence-corrected chi connectivity index (χ0v) is 12.3. The summed E-state index contributed by atoms with van der Waals surface area (Å²) in [6.45, 7) is 6.74. The van der Waals surface area contributed by atoms with Gasteiger partial charge in [-0.2, -0.15) is 0 Å². The predicted molar refractivity (Wildman–Crippen MR) is 81.4 cm³/mol. The van der Waals surface area contributed by atoms with Crippen LogP contribution in [0.3, 0.4) is 0 Å². The number of hydrogen-bond acceptors (Lipinski definition) is 2. The lowest BCUT2D eigenvalue weighted by Gasteiger charge is -2.32. The standard InChI is InChI=1S/C17H26N2/c1-3-5-12-18-13-14-19(17(18)9-4-2)15-16-10-7-6-8-11-16/h6-8,10-11,13-14,17H,3-5,9,12,15H2,1-2H3. The first kappa shape index (κ1) is 14.0. The van der Waals surface area contributed by atoms with Gasteiger partial charge in [-0.05, 0) is 18.4 Å². The molecule has 0 N–H and O–H groups in total. The molecule has 1 unspecified atom stereocenters. The fraction of sp³-hybridized carbons (Fsp3) is 0.529. The summed E-state index contributed by atoms with van der Waals surface area (Å²) in [6.07, 6.45) is 10.1. The predicted octanol–water partition coefficient (Wildman–Crippen LogP) is 4.20. The van der Waals surface area contributed by atoms with Crippen LogP contribution in [0.4, 0.5) is 0 Å². The molecule has 1 aliphatic rings. The van der Waals surface area contributed by atoms with Crippen molar-refractivity contribution >= 4 is 0 Å². The average molecular weight is 258 g/mol. The second kappa shape index (κ2) is 7.22. The second-order valence-corrected chi connectivity index (χ2v) is 5.32. The van der Waals surface area contributed by atoms with Crippen LogP contribution < -0.4 is 0 Å². The fourth-order valence-corrected chi connectivity index (χ4v) is 2.67. The Bertz CT molecular complexity index is 386. The zero-order valence-electron chi connectivity index (χ0n) is 12.3. The van der Waals surface area contributed by atoms with Gasteiger partial charge in [0.05, 0.1) is 0 Å². The molecular formula is C17H26N2. The summed E-state index contributed by atoms with van der Waals surface area (Å²) < 4.78 is 0. The van der Waals surface area contributed by atoms with Crippen LogP contribution in [0.2, 0.25) is 0 Å². The van der Waals surface area contributed by atoms with Crippen LogP contribution >= 0.6 is 0 Å². The number of unbranched alkanes of at least 4 members (excludes halogenated alkanes) is 1. The van der Waals surface area contributed by atoms with Crippen molar-refractivity contribution in [2.75, 3.05) is 6.54 Å². The van der Waals surface area contributed by atoms with Gasteiger partial charge in [0.15, 0.2) is 0 Å². The first-order chi connectivity index (χ1) is 9.35. The minimum Gasteiger partial charge on any atom is -0.356 e. The van der Waals surface area contributed by atoms with E-state index >= 15 is 0 Å². The Morgan fingerprint density at radius 1 is 0.947 bits per heavy atom. The van der Waals surface area contributed by atoms with E-state index in [1.165, 1.54) is 37.8 Å². The Morgan fingerprint density at radius 3 is 2.37 bits per heavy atom. The Kier molecular flexibility index (Phi) is 5.31. The molecule has 0 radical (unpaired) electrons. The Hall–Kier alpha value is -1.44. The van der Waals surface area contributed by atoms with Crippen molar-refractivity contribution in [3.8, 4) is 0 Å². The van der Waals surface area contributed by atoms with Gasteiger partial charge in [-0.3, -0.25) is 0 Å². The molecule has 1 aromatic carbocycles. The summed E-state index contributed by atoms with van der Waals surface area (Å²) in [5.41, 5.74) is 1.39. The average Bonchev–Trinajstić information content (AvgIpc) is 2.81. The van der Waals surface area contributed by atoms with Gasteiger partial charge >= 0.3 is 0 Å². The summed E-state index contributed by atoms with van der Waals surface area (Å²) in [4.78, 5) is 4.99. The number of rotatable bonds is 7. The van der Waals surface area contributed by atoms with Crippen molar-refractivity contribution in [1.82, 2.24) is 9.80 Å². The molecule has 0 fully saturated rings. The van der Waals surface area contributed by atoms with Gasteiger partial charge in [0.25, 0.3) is 0 Å². The van der Waals surface area contributed by atoms with Crippen molar-refractivity contribution in [2.24, 2.45) is 0 Å². The summed E-state index contributed by atoms with van der Waals surface area (Å²) in [5.74, 6) is 0. The molecule has 0 saturated carbocycles. The molecule has 1 aliphatic heterocycles. The van der Waals surface area contributed by atoms with Crippen molar-refractivity contribution in [1.29, 1.82) is 0 Å². The quantitative estimate of drug-likeness (QED) is 0.723. The maximum absolute atomic E-state index is 2.51. The van der Waals surface area contributed by atoms with E-state index < -0.39 is 0 Å². The third-order valence-corrected chi connectivity index (χ3v) is 3.74. The normalized spacial score (nSPS) is 18.3. The number of benzene rings is 1. The minimum atomic E-state index is 0.553. The van der Waals surface area contributed by atoms with E-state index in [1.807, 2.05) is 0 Å².